The molecule has 0 fully saturated rings. The molecule has 2 N–H and O–H groups in total. The monoisotopic (exact) mass is 415 g/mol. The molecule has 3 aromatic carbocycles. The van der Waals surface area contributed by atoms with E-state index >= 15 is 0 Å². The molecule has 0 amide bonds. The Morgan fingerprint density at radius 1 is 0.867 bits per heavy atom. The highest BCUT2D eigenvalue weighted by Crippen LogP contribution is 2.32. The van der Waals surface area contributed by atoms with Crippen molar-refractivity contribution in [3.05, 3.63) is 90.0 Å². The number of aryl methyl sites for hydroxylation is 1. The SMILES string of the molecule is OCC(CCCc1ccc(Oc2cccc(C(F)(F)F)c2)cc1)Nc1ccccc1. The lowest BCUT2D eigenvalue weighted by molar-refractivity contribution is -0.137. The molecule has 3 rings (SSSR count). The molecule has 3 aromatic rings. The van der Waals surface area contributed by atoms with Crippen molar-refractivity contribution in [3.8, 4) is 11.5 Å². The second kappa shape index (κ2) is 10.2. The quantitative estimate of drug-likeness (QED) is 0.431. The van der Waals surface area contributed by atoms with Gasteiger partial charge < -0.3 is 15.2 Å². The molecular formula is C24H24F3NO2. The second-order valence-electron chi connectivity index (χ2n) is 7.05. The summed E-state index contributed by atoms with van der Waals surface area (Å²) in [7, 11) is 0. The van der Waals surface area contributed by atoms with E-state index in [1.807, 2.05) is 42.5 Å². The Labute approximate surface area is 174 Å². The van der Waals surface area contributed by atoms with Crippen molar-refractivity contribution in [1.29, 1.82) is 0 Å². The minimum atomic E-state index is -4.40. The number of aliphatic hydroxyl groups is 1. The third kappa shape index (κ3) is 6.52. The van der Waals surface area contributed by atoms with Crippen LogP contribution in [0.2, 0.25) is 0 Å². The summed E-state index contributed by atoms with van der Waals surface area (Å²) in [5.41, 5.74) is 1.34. The van der Waals surface area contributed by atoms with E-state index < -0.39 is 11.7 Å². The number of halogens is 3. The summed E-state index contributed by atoms with van der Waals surface area (Å²) < 4.78 is 44.0. The molecule has 6 heteroatoms. The van der Waals surface area contributed by atoms with Crippen molar-refractivity contribution < 1.29 is 23.0 Å². The molecule has 0 aromatic heterocycles. The van der Waals surface area contributed by atoms with E-state index in [1.165, 1.54) is 12.1 Å². The molecule has 158 valence electrons. The van der Waals surface area contributed by atoms with Gasteiger partial charge >= 0.3 is 6.18 Å². The summed E-state index contributed by atoms with van der Waals surface area (Å²) in [5.74, 6) is 0.632. The van der Waals surface area contributed by atoms with Crippen LogP contribution in [0.3, 0.4) is 0 Å². The molecule has 3 nitrogen and oxygen atoms in total. The molecule has 1 unspecified atom stereocenters. The first-order valence-electron chi connectivity index (χ1n) is 9.80. The maximum Gasteiger partial charge on any atom is 0.416 e. The van der Waals surface area contributed by atoms with Gasteiger partial charge in [0.2, 0.25) is 0 Å². The number of rotatable bonds is 9. The van der Waals surface area contributed by atoms with Gasteiger partial charge in [0.15, 0.2) is 0 Å². The molecule has 0 aliphatic carbocycles. The molecule has 0 aliphatic heterocycles. The summed E-state index contributed by atoms with van der Waals surface area (Å²) in [6.45, 7) is 0.0542. The van der Waals surface area contributed by atoms with Crippen LogP contribution in [0.5, 0.6) is 11.5 Å². The van der Waals surface area contributed by atoms with Gasteiger partial charge in [-0.3, -0.25) is 0 Å². The zero-order chi connectivity index (χ0) is 21.4. The van der Waals surface area contributed by atoms with E-state index in [-0.39, 0.29) is 18.4 Å². The van der Waals surface area contributed by atoms with E-state index in [0.717, 1.165) is 42.6 Å². The van der Waals surface area contributed by atoms with Crippen LogP contribution in [-0.4, -0.2) is 17.8 Å². The third-order valence-electron chi connectivity index (χ3n) is 4.70. The van der Waals surface area contributed by atoms with Gasteiger partial charge in [-0.2, -0.15) is 13.2 Å². The lowest BCUT2D eigenvalue weighted by Gasteiger charge is -2.17. The van der Waals surface area contributed by atoms with Gasteiger partial charge in [0.05, 0.1) is 12.2 Å². The molecule has 30 heavy (non-hydrogen) atoms. The molecule has 0 bridgehead atoms. The Balaban J connectivity index is 1.50. The van der Waals surface area contributed by atoms with E-state index in [1.54, 1.807) is 12.1 Å². The van der Waals surface area contributed by atoms with E-state index in [0.29, 0.717) is 5.75 Å². The van der Waals surface area contributed by atoms with Crippen LogP contribution in [0.25, 0.3) is 0 Å². The van der Waals surface area contributed by atoms with E-state index in [2.05, 4.69) is 5.32 Å². The number of para-hydroxylation sites is 1. The molecule has 0 radical (unpaired) electrons. The zero-order valence-electron chi connectivity index (χ0n) is 16.4. The molecular weight excluding hydrogens is 391 g/mol. The highest BCUT2D eigenvalue weighted by atomic mass is 19.4. The zero-order valence-corrected chi connectivity index (χ0v) is 16.4. The molecule has 0 heterocycles. The summed E-state index contributed by atoms with van der Waals surface area (Å²) in [6.07, 6.45) is -1.87. The molecule has 0 spiro atoms. The van der Waals surface area contributed by atoms with Gasteiger partial charge in [-0.1, -0.05) is 36.4 Å². The topological polar surface area (TPSA) is 41.5 Å². The number of nitrogens with one attached hydrogen (secondary N) is 1. The predicted molar refractivity (Wildman–Crippen MR) is 112 cm³/mol. The Hall–Kier alpha value is -2.99. The smallest absolute Gasteiger partial charge is 0.416 e. The minimum absolute atomic E-state index is 0.0177. The summed E-state index contributed by atoms with van der Waals surface area (Å²) in [4.78, 5) is 0. The van der Waals surface area contributed by atoms with Crippen molar-refractivity contribution in [2.24, 2.45) is 0 Å². The standard InChI is InChI=1S/C24H24F3NO2/c25-24(26,27)19-7-5-11-23(16-19)30-22-14-12-18(13-15-22)6-4-10-21(17-29)28-20-8-2-1-3-9-20/h1-3,5,7-9,11-16,21,28-29H,4,6,10,17H2. The lowest BCUT2D eigenvalue weighted by Crippen LogP contribution is -2.23. The van der Waals surface area contributed by atoms with Gasteiger partial charge in [0.25, 0.3) is 0 Å². The summed E-state index contributed by atoms with van der Waals surface area (Å²) in [6, 6.07) is 21.9. The van der Waals surface area contributed by atoms with Crippen LogP contribution in [0.15, 0.2) is 78.9 Å². The number of ether oxygens (including phenoxy) is 1. The molecule has 1 atom stereocenters. The second-order valence-corrected chi connectivity index (χ2v) is 7.05. The van der Waals surface area contributed by atoms with Crippen LogP contribution in [0.4, 0.5) is 18.9 Å². The van der Waals surface area contributed by atoms with Gasteiger partial charge in [-0.05, 0) is 67.3 Å². The third-order valence-corrected chi connectivity index (χ3v) is 4.70. The summed E-state index contributed by atoms with van der Waals surface area (Å²) >= 11 is 0. The number of hydrogen-bond acceptors (Lipinski definition) is 3. The fourth-order valence-electron chi connectivity index (χ4n) is 3.13. The number of hydrogen-bond donors (Lipinski definition) is 2. The van der Waals surface area contributed by atoms with E-state index in [9.17, 15) is 18.3 Å². The molecule has 0 saturated heterocycles. The highest BCUT2D eigenvalue weighted by molar-refractivity contribution is 5.43. The number of benzene rings is 3. The first kappa shape index (κ1) is 21.7. The van der Waals surface area contributed by atoms with Crippen molar-refractivity contribution in [3.63, 3.8) is 0 Å². The first-order chi connectivity index (χ1) is 14.4. The lowest BCUT2D eigenvalue weighted by atomic mass is 10.0. The fraction of sp³-hybridized carbons (Fsp3) is 0.250. The summed E-state index contributed by atoms with van der Waals surface area (Å²) in [5, 5.41) is 12.9. The molecule has 0 aliphatic rings. The van der Waals surface area contributed by atoms with Crippen LogP contribution in [0.1, 0.15) is 24.0 Å². The largest absolute Gasteiger partial charge is 0.457 e. The van der Waals surface area contributed by atoms with Crippen molar-refractivity contribution >= 4 is 5.69 Å². The van der Waals surface area contributed by atoms with Gasteiger partial charge in [-0.25, -0.2) is 0 Å². The van der Waals surface area contributed by atoms with Crippen LogP contribution < -0.4 is 10.1 Å². The number of alkyl halides is 3. The maximum atomic E-state index is 12.8. The normalized spacial score (nSPS) is 12.4. The van der Waals surface area contributed by atoms with Crippen LogP contribution in [-0.2, 0) is 12.6 Å². The van der Waals surface area contributed by atoms with Crippen LogP contribution >= 0.6 is 0 Å². The van der Waals surface area contributed by atoms with Crippen molar-refractivity contribution in [1.82, 2.24) is 0 Å². The van der Waals surface area contributed by atoms with Gasteiger partial charge in [0.1, 0.15) is 11.5 Å². The number of anilines is 1. The number of aliphatic hydroxyl groups excluding tert-OH is 1. The van der Waals surface area contributed by atoms with Gasteiger partial charge in [0, 0.05) is 11.7 Å². The Morgan fingerprint density at radius 3 is 2.27 bits per heavy atom. The first-order valence-corrected chi connectivity index (χ1v) is 9.80. The highest BCUT2D eigenvalue weighted by Gasteiger charge is 2.30. The van der Waals surface area contributed by atoms with Crippen molar-refractivity contribution in [2.75, 3.05) is 11.9 Å². The molecule has 0 saturated carbocycles. The van der Waals surface area contributed by atoms with Gasteiger partial charge in [-0.15, -0.1) is 0 Å². The fourth-order valence-corrected chi connectivity index (χ4v) is 3.13. The van der Waals surface area contributed by atoms with Crippen LogP contribution in [0, 0.1) is 0 Å². The van der Waals surface area contributed by atoms with Crippen molar-refractivity contribution in [2.45, 2.75) is 31.5 Å². The Morgan fingerprint density at radius 2 is 1.60 bits per heavy atom. The predicted octanol–water partition coefficient (Wildman–Crippen LogP) is 6.29. The Bertz CT molecular complexity index is 912. The maximum absolute atomic E-state index is 12.8. The Kier molecular flexibility index (Phi) is 7.36. The average molecular weight is 415 g/mol. The van der Waals surface area contributed by atoms with E-state index in [4.69, 9.17) is 4.74 Å². The minimum Gasteiger partial charge on any atom is -0.457 e. The average Bonchev–Trinajstić information content (AvgIpc) is 2.74.